The lowest BCUT2D eigenvalue weighted by molar-refractivity contribution is -0.115. The van der Waals surface area contributed by atoms with Crippen LogP contribution in [-0.4, -0.2) is 33.0 Å². The zero-order chi connectivity index (χ0) is 21.6. The summed E-state index contributed by atoms with van der Waals surface area (Å²) >= 11 is 1.47. The van der Waals surface area contributed by atoms with Gasteiger partial charge in [0.05, 0.1) is 12.4 Å². The number of methoxy groups -OCH3 is 1. The monoisotopic (exact) mass is 436 g/mol. The van der Waals surface area contributed by atoms with Gasteiger partial charge in [-0.15, -0.1) is 10.2 Å². The van der Waals surface area contributed by atoms with Crippen LogP contribution in [0.15, 0.2) is 59.8 Å². The summed E-state index contributed by atoms with van der Waals surface area (Å²) in [5, 5.41) is 12.5. The van der Waals surface area contributed by atoms with Crippen molar-refractivity contribution in [2.45, 2.75) is 55.5 Å². The molecule has 1 atom stereocenters. The molecule has 6 nitrogen and oxygen atoms in total. The minimum absolute atomic E-state index is 0.0413. The second kappa shape index (κ2) is 10.0. The lowest BCUT2D eigenvalue weighted by Crippen LogP contribution is -2.23. The van der Waals surface area contributed by atoms with E-state index in [1.165, 1.54) is 31.0 Å². The molecule has 0 radical (unpaired) electrons. The molecule has 0 spiro atoms. The van der Waals surface area contributed by atoms with Crippen molar-refractivity contribution in [2.24, 2.45) is 0 Å². The van der Waals surface area contributed by atoms with E-state index in [0.717, 1.165) is 40.8 Å². The molecule has 0 saturated heterocycles. The molecule has 2 aromatic carbocycles. The molecule has 31 heavy (non-hydrogen) atoms. The molecule has 1 fully saturated rings. The standard InChI is InChI=1S/C24H28N4O2S/c1-17(23(29)25-19-9-5-3-6-10-19)31-24-27-26-22(18-13-15-21(30-2)16-14-18)28(24)20-11-7-4-8-12-20/h3,5-6,9-10,13-17,20H,4,7-8,11-12H2,1-2H3,(H,25,29). The third-order valence-corrected chi connectivity index (χ3v) is 6.70. The summed E-state index contributed by atoms with van der Waals surface area (Å²) in [6.45, 7) is 1.91. The van der Waals surface area contributed by atoms with Crippen molar-refractivity contribution in [3.63, 3.8) is 0 Å². The number of carbonyl (C=O) groups is 1. The third-order valence-electron chi connectivity index (χ3n) is 5.65. The number of rotatable bonds is 7. The number of para-hydroxylation sites is 1. The first-order valence-corrected chi connectivity index (χ1v) is 11.7. The van der Waals surface area contributed by atoms with Crippen LogP contribution in [0.4, 0.5) is 5.69 Å². The van der Waals surface area contributed by atoms with Crippen LogP contribution in [0.1, 0.15) is 45.1 Å². The normalized spacial score (nSPS) is 15.4. The molecule has 1 aliphatic carbocycles. The van der Waals surface area contributed by atoms with E-state index >= 15 is 0 Å². The number of hydrogen-bond donors (Lipinski definition) is 1. The summed E-state index contributed by atoms with van der Waals surface area (Å²) in [7, 11) is 1.66. The van der Waals surface area contributed by atoms with Crippen molar-refractivity contribution in [1.82, 2.24) is 14.8 Å². The average molecular weight is 437 g/mol. The zero-order valence-corrected chi connectivity index (χ0v) is 18.8. The predicted molar refractivity (Wildman–Crippen MR) is 125 cm³/mol. The number of carbonyl (C=O) groups excluding carboxylic acids is 1. The van der Waals surface area contributed by atoms with Gasteiger partial charge in [0.25, 0.3) is 0 Å². The molecule has 4 rings (SSSR count). The van der Waals surface area contributed by atoms with Gasteiger partial charge in [-0.3, -0.25) is 9.36 Å². The maximum Gasteiger partial charge on any atom is 0.237 e. The first-order chi connectivity index (χ1) is 15.2. The summed E-state index contributed by atoms with van der Waals surface area (Å²) in [5.74, 6) is 1.63. The van der Waals surface area contributed by atoms with Crippen LogP contribution in [0, 0.1) is 0 Å². The van der Waals surface area contributed by atoms with Gasteiger partial charge in [-0.1, -0.05) is 49.2 Å². The van der Waals surface area contributed by atoms with Crippen LogP contribution in [0.2, 0.25) is 0 Å². The van der Waals surface area contributed by atoms with E-state index in [-0.39, 0.29) is 11.2 Å². The molecule has 1 saturated carbocycles. The zero-order valence-electron chi connectivity index (χ0n) is 18.0. The molecular weight excluding hydrogens is 408 g/mol. The number of nitrogens with zero attached hydrogens (tertiary/aromatic N) is 3. The van der Waals surface area contributed by atoms with Gasteiger partial charge in [0.15, 0.2) is 11.0 Å². The van der Waals surface area contributed by atoms with E-state index in [1.807, 2.05) is 61.5 Å². The van der Waals surface area contributed by atoms with Gasteiger partial charge in [-0.2, -0.15) is 0 Å². The molecular formula is C24H28N4O2S. The minimum Gasteiger partial charge on any atom is -0.497 e. The van der Waals surface area contributed by atoms with Crippen LogP contribution in [0.5, 0.6) is 5.75 Å². The Kier molecular flexibility index (Phi) is 6.92. The Hall–Kier alpha value is -2.80. The fourth-order valence-electron chi connectivity index (χ4n) is 3.94. The number of amides is 1. The highest BCUT2D eigenvalue weighted by molar-refractivity contribution is 8.00. The maximum absolute atomic E-state index is 12.7. The van der Waals surface area contributed by atoms with Gasteiger partial charge >= 0.3 is 0 Å². The van der Waals surface area contributed by atoms with Crippen LogP contribution in [0.3, 0.4) is 0 Å². The quantitative estimate of drug-likeness (QED) is 0.490. The number of aromatic nitrogens is 3. The van der Waals surface area contributed by atoms with Crippen molar-refractivity contribution in [3.8, 4) is 17.1 Å². The van der Waals surface area contributed by atoms with E-state index in [4.69, 9.17) is 4.74 Å². The van der Waals surface area contributed by atoms with Crippen LogP contribution in [0.25, 0.3) is 11.4 Å². The number of thioether (sulfide) groups is 1. The first-order valence-electron chi connectivity index (χ1n) is 10.8. The fourth-order valence-corrected chi connectivity index (χ4v) is 4.86. The Bertz CT molecular complexity index is 998. The van der Waals surface area contributed by atoms with E-state index in [0.29, 0.717) is 6.04 Å². The third kappa shape index (κ3) is 5.10. The van der Waals surface area contributed by atoms with Gasteiger partial charge < -0.3 is 10.1 Å². The Balaban J connectivity index is 1.58. The van der Waals surface area contributed by atoms with Crippen molar-refractivity contribution < 1.29 is 9.53 Å². The highest BCUT2D eigenvalue weighted by Gasteiger charge is 2.26. The van der Waals surface area contributed by atoms with E-state index in [2.05, 4.69) is 20.1 Å². The van der Waals surface area contributed by atoms with Gasteiger partial charge in [0.2, 0.25) is 5.91 Å². The molecule has 162 valence electrons. The van der Waals surface area contributed by atoms with Crippen molar-refractivity contribution in [2.75, 3.05) is 12.4 Å². The molecule has 0 aliphatic heterocycles. The molecule has 3 aromatic rings. The Morgan fingerprint density at radius 2 is 1.77 bits per heavy atom. The number of ether oxygens (including phenoxy) is 1. The molecule has 1 heterocycles. The van der Waals surface area contributed by atoms with Crippen molar-refractivity contribution in [1.29, 1.82) is 0 Å². The fraction of sp³-hybridized carbons (Fsp3) is 0.375. The van der Waals surface area contributed by atoms with E-state index in [1.54, 1.807) is 7.11 Å². The smallest absolute Gasteiger partial charge is 0.237 e. The van der Waals surface area contributed by atoms with E-state index in [9.17, 15) is 4.79 Å². The Morgan fingerprint density at radius 1 is 1.06 bits per heavy atom. The highest BCUT2D eigenvalue weighted by Crippen LogP contribution is 2.37. The summed E-state index contributed by atoms with van der Waals surface area (Å²) in [5.41, 5.74) is 1.81. The Labute approximate surface area is 187 Å². The van der Waals surface area contributed by atoms with Gasteiger partial charge in [-0.25, -0.2) is 0 Å². The lowest BCUT2D eigenvalue weighted by atomic mass is 9.95. The SMILES string of the molecule is COc1ccc(-c2nnc(SC(C)C(=O)Nc3ccccc3)n2C2CCCCC2)cc1. The summed E-state index contributed by atoms with van der Waals surface area (Å²) in [6.07, 6.45) is 5.91. The topological polar surface area (TPSA) is 69.0 Å². The maximum atomic E-state index is 12.7. The van der Waals surface area contributed by atoms with Gasteiger partial charge in [0.1, 0.15) is 5.75 Å². The average Bonchev–Trinajstić information content (AvgIpc) is 3.23. The van der Waals surface area contributed by atoms with Crippen LogP contribution in [-0.2, 0) is 4.79 Å². The summed E-state index contributed by atoms with van der Waals surface area (Å²) in [6, 6.07) is 17.8. The van der Waals surface area contributed by atoms with Crippen LogP contribution >= 0.6 is 11.8 Å². The predicted octanol–water partition coefficient (Wildman–Crippen LogP) is 5.58. The number of hydrogen-bond acceptors (Lipinski definition) is 5. The number of benzene rings is 2. The minimum atomic E-state index is -0.296. The summed E-state index contributed by atoms with van der Waals surface area (Å²) in [4.78, 5) is 12.7. The number of nitrogens with one attached hydrogen (secondary N) is 1. The molecule has 1 unspecified atom stereocenters. The molecule has 1 aliphatic rings. The largest absolute Gasteiger partial charge is 0.497 e. The number of anilines is 1. The van der Waals surface area contributed by atoms with Crippen molar-refractivity contribution >= 4 is 23.4 Å². The van der Waals surface area contributed by atoms with E-state index < -0.39 is 0 Å². The first kappa shape index (κ1) is 21.4. The second-order valence-electron chi connectivity index (χ2n) is 7.81. The molecule has 1 N–H and O–H groups in total. The van der Waals surface area contributed by atoms with Crippen LogP contribution < -0.4 is 10.1 Å². The Morgan fingerprint density at radius 3 is 2.45 bits per heavy atom. The molecule has 1 amide bonds. The lowest BCUT2D eigenvalue weighted by Gasteiger charge is -2.26. The van der Waals surface area contributed by atoms with Crippen molar-refractivity contribution in [3.05, 3.63) is 54.6 Å². The molecule has 0 bridgehead atoms. The van der Waals surface area contributed by atoms with Gasteiger partial charge in [0, 0.05) is 17.3 Å². The molecule has 1 aromatic heterocycles. The van der Waals surface area contributed by atoms with Gasteiger partial charge in [-0.05, 0) is 56.2 Å². The second-order valence-corrected chi connectivity index (χ2v) is 9.12. The highest BCUT2D eigenvalue weighted by atomic mass is 32.2. The summed E-state index contributed by atoms with van der Waals surface area (Å²) < 4.78 is 7.54. The molecule has 7 heteroatoms.